The predicted molar refractivity (Wildman–Crippen MR) is 95.8 cm³/mol. The molecule has 0 spiro atoms. The Bertz CT molecular complexity index is 871. The molecule has 0 fully saturated rings. The molecule has 0 radical (unpaired) electrons. The highest BCUT2D eigenvalue weighted by Crippen LogP contribution is 2.21. The first kappa shape index (κ1) is 15.7. The third kappa shape index (κ3) is 3.59. The van der Waals surface area contributed by atoms with E-state index in [2.05, 4.69) is 30.3 Å². The molecule has 0 saturated carbocycles. The summed E-state index contributed by atoms with van der Waals surface area (Å²) in [4.78, 5) is 10.7. The number of hydrogen-bond donors (Lipinski definition) is 0. The molecule has 24 heavy (non-hydrogen) atoms. The summed E-state index contributed by atoms with van der Waals surface area (Å²) in [6.45, 7) is 0. The number of aldehydes is 1. The van der Waals surface area contributed by atoms with Gasteiger partial charge in [0.05, 0.1) is 11.6 Å². The first-order valence-corrected chi connectivity index (χ1v) is 7.93. The molecule has 0 heterocycles. The van der Waals surface area contributed by atoms with Crippen molar-refractivity contribution in [3.63, 3.8) is 0 Å². The second-order valence-corrected chi connectivity index (χ2v) is 5.71. The SMILES string of the molecule is N#Cc1ccccc1CCc1ccc(-c2ccc(C=O)cc2)cc1. The number of nitriles is 1. The maximum Gasteiger partial charge on any atom is 0.150 e. The van der Waals surface area contributed by atoms with Crippen LogP contribution in [0.25, 0.3) is 11.1 Å². The van der Waals surface area contributed by atoms with Crippen molar-refractivity contribution >= 4 is 6.29 Å². The van der Waals surface area contributed by atoms with Crippen molar-refractivity contribution < 1.29 is 4.79 Å². The number of aryl methyl sites for hydroxylation is 2. The summed E-state index contributed by atoms with van der Waals surface area (Å²) in [5.41, 5.74) is 6.01. The molecular formula is C22H17NO. The molecule has 0 aliphatic rings. The van der Waals surface area contributed by atoms with Crippen LogP contribution < -0.4 is 0 Å². The largest absolute Gasteiger partial charge is 0.298 e. The van der Waals surface area contributed by atoms with Gasteiger partial charge in [0.15, 0.2) is 0 Å². The Morgan fingerprint density at radius 2 is 1.42 bits per heavy atom. The maximum absolute atomic E-state index is 10.7. The van der Waals surface area contributed by atoms with Gasteiger partial charge in [-0.3, -0.25) is 4.79 Å². The number of benzene rings is 3. The van der Waals surface area contributed by atoms with Crippen molar-refractivity contribution in [3.8, 4) is 17.2 Å². The molecular weight excluding hydrogens is 294 g/mol. The van der Waals surface area contributed by atoms with Crippen molar-refractivity contribution in [1.29, 1.82) is 5.26 Å². The van der Waals surface area contributed by atoms with Crippen LogP contribution in [0.5, 0.6) is 0 Å². The van der Waals surface area contributed by atoms with E-state index in [0.717, 1.165) is 41.4 Å². The fourth-order valence-electron chi connectivity index (χ4n) is 2.74. The van der Waals surface area contributed by atoms with Crippen LogP contribution in [0.3, 0.4) is 0 Å². The van der Waals surface area contributed by atoms with E-state index >= 15 is 0 Å². The first-order chi connectivity index (χ1) is 11.8. The Kier molecular flexibility index (Phi) is 4.84. The molecule has 3 aromatic carbocycles. The third-order valence-electron chi connectivity index (χ3n) is 4.15. The molecule has 3 aromatic rings. The molecule has 0 aliphatic heterocycles. The lowest BCUT2D eigenvalue weighted by atomic mass is 9.98. The first-order valence-electron chi connectivity index (χ1n) is 7.93. The van der Waals surface area contributed by atoms with Gasteiger partial charge in [-0.05, 0) is 41.2 Å². The van der Waals surface area contributed by atoms with Gasteiger partial charge in [0.2, 0.25) is 0 Å². The van der Waals surface area contributed by atoms with Crippen LogP contribution >= 0.6 is 0 Å². The molecule has 0 aromatic heterocycles. The van der Waals surface area contributed by atoms with Crippen LogP contribution in [0.15, 0.2) is 72.8 Å². The number of nitrogens with zero attached hydrogens (tertiary/aromatic N) is 1. The Hall–Kier alpha value is -3.18. The van der Waals surface area contributed by atoms with Crippen molar-refractivity contribution in [1.82, 2.24) is 0 Å². The van der Waals surface area contributed by atoms with E-state index in [9.17, 15) is 4.79 Å². The highest BCUT2D eigenvalue weighted by Gasteiger charge is 2.03. The van der Waals surface area contributed by atoms with Gasteiger partial charge in [-0.15, -0.1) is 0 Å². The van der Waals surface area contributed by atoms with E-state index < -0.39 is 0 Å². The Morgan fingerprint density at radius 3 is 2.04 bits per heavy atom. The van der Waals surface area contributed by atoms with Gasteiger partial charge < -0.3 is 0 Å². The van der Waals surface area contributed by atoms with E-state index in [1.54, 1.807) is 0 Å². The molecule has 0 bridgehead atoms. The average Bonchev–Trinajstić information content (AvgIpc) is 2.67. The van der Waals surface area contributed by atoms with E-state index in [1.807, 2.05) is 48.5 Å². The lowest BCUT2D eigenvalue weighted by Crippen LogP contribution is -1.94. The second kappa shape index (κ2) is 7.39. The summed E-state index contributed by atoms with van der Waals surface area (Å²) < 4.78 is 0. The summed E-state index contributed by atoms with van der Waals surface area (Å²) in [6, 6.07) is 26.0. The number of carbonyl (C=O) groups excluding carboxylic acids is 1. The van der Waals surface area contributed by atoms with Gasteiger partial charge in [0.25, 0.3) is 0 Å². The zero-order valence-electron chi connectivity index (χ0n) is 13.3. The molecule has 0 saturated heterocycles. The van der Waals surface area contributed by atoms with Gasteiger partial charge in [-0.25, -0.2) is 0 Å². The standard InChI is InChI=1S/C22H17NO/c23-15-22-4-2-1-3-19(22)10-5-17-6-11-20(12-7-17)21-13-8-18(16-24)9-14-21/h1-4,6-9,11-14,16H,5,10H2. The van der Waals surface area contributed by atoms with Gasteiger partial charge in [0.1, 0.15) is 6.29 Å². The highest BCUT2D eigenvalue weighted by molar-refractivity contribution is 5.76. The summed E-state index contributed by atoms with van der Waals surface area (Å²) in [5, 5.41) is 9.14. The molecule has 0 aliphatic carbocycles. The predicted octanol–water partition coefficient (Wildman–Crippen LogP) is 4.82. The van der Waals surface area contributed by atoms with E-state index in [0.29, 0.717) is 5.56 Å². The number of hydrogen-bond acceptors (Lipinski definition) is 2. The smallest absolute Gasteiger partial charge is 0.150 e. The Balaban J connectivity index is 1.70. The zero-order valence-corrected chi connectivity index (χ0v) is 13.3. The third-order valence-corrected chi connectivity index (χ3v) is 4.15. The van der Waals surface area contributed by atoms with Crippen molar-refractivity contribution in [3.05, 3.63) is 95.1 Å². The molecule has 0 atom stereocenters. The molecule has 0 amide bonds. The van der Waals surface area contributed by atoms with Crippen LogP contribution in [0.1, 0.15) is 27.0 Å². The maximum atomic E-state index is 10.7. The van der Waals surface area contributed by atoms with Crippen molar-refractivity contribution in [2.75, 3.05) is 0 Å². The summed E-state index contributed by atoms with van der Waals surface area (Å²) in [5.74, 6) is 0. The number of carbonyl (C=O) groups is 1. The van der Waals surface area contributed by atoms with Gasteiger partial charge in [0, 0.05) is 5.56 Å². The van der Waals surface area contributed by atoms with Crippen LogP contribution in [0, 0.1) is 11.3 Å². The lowest BCUT2D eigenvalue weighted by molar-refractivity contribution is 0.112. The van der Waals surface area contributed by atoms with E-state index in [4.69, 9.17) is 5.26 Å². The average molecular weight is 311 g/mol. The molecule has 116 valence electrons. The van der Waals surface area contributed by atoms with Crippen LogP contribution in [0.2, 0.25) is 0 Å². The minimum Gasteiger partial charge on any atom is -0.298 e. The quantitative estimate of drug-likeness (QED) is 0.634. The second-order valence-electron chi connectivity index (χ2n) is 5.71. The lowest BCUT2D eigenvalue weighted by Gasteiger charge is -2.06. The summed E-state index contributed by atoms with van der Waals surface area (Å²) in [7, 11) is 0. The minimum atomic E-state index is 0.687. The van der Waals surface area contributed by atoms with Crippen LogP contribution in [-0.2, 0) is 12.8 Å². The Labute approximate surface area is 142 Å². The topological polar surface area (TPSA) is 40.9 Å². The van der Waals surface area contributed by atoms with Crippen LogP contribution in [-0.4, -0.2) is 6.29 Å². The van der Waals surface area contributed by atoms with Crippen molar-refractivity contribution in [2.45, 2.75) is 12.8 Å². The van der Waals surface area contributed by atoms with Crippen molar-refractivity contribution in [2.24, 2.45) is 0 Å². The fraction of sp³-hybridized carbons (Fsp3) is 0.0909. The zero-order chi connectivity index (χ0) is 16.8. The minimum absolute atomic E-state index is 0.687. The highest BCUT2D eigenvalue weighted by atomic mass is 16.1. The molecule has 3 rings (SSSR count). The Morgan fingerprint density at radius 1 is 0.792 bits per heavy atom. The van der Waals surface area contributed by atoms with Crippen LogP contribution in [0.4, 0.5) is 0 Å². The van der Waals surface area contributed by atoms with E-state index in [1.165, 1.54) is 5.56 Å². The monoisotopic (exact) mass is 311 g/mol. The number of rotatable bonds is 5. The van der Waals surface area contributed by atoms with Gasteiger partial charge in [-0.2, -0.15) is 5.26 Å². The fourth-order valence-corrected chi connectivity index (χ4v) is 2.74. The summed E-state index contributed by atoms with van der Waals surface area (Å²) in [6.07, 6.45) is 2.62. The summed E-state index contributed by atoms with van der Waals surface area (Å²) >= 11 is 0. The molecule has 2 nitrogen and oxygen atoms in total. The molecule has 0 unspecified atom stereocenters. The van der Waals surface area contributed by atoms with Gasteiger partial charge >= 0.3 is 0 Å². The molecule has 0 N–H and O–H groups in total. The van der Waals surface area contributed by atoms with Gasteiger partial charge in [-0.1, -0.05) is 66.7 Å². The van der Waals surface area contributed by atoms with E-state index in [-0.39, 0.29) is 0 Å². The molecule has 2 heteroatoms. The normalized spacial score (nSPS) is 10.1.